The Balaban J connectivity index is 1.95. The van der Waals surface area contributed by atoms with Crippen LogP contribution in [0.5, 0.6) is 0 Å². The SMILES string of the molecule is Cc1ccccc1-n1ncc(CNC2CC2)c1C(C)C. The smallest absolute Gasteiger partial charge is 0.0678 e. The normalized spacial score (nSPS) is 15.0. The van der Waals surface area contributed by atoms with Crippen molar-refractivity contribution in [1.29, 1.82) is 0 Å². The number of benzene rings is 1. The summed E-state index contributed by atoms with van der Waals surface area (Å²) in [6.45, 7) is 7.56. The van der Waals surface area contributed by atoms with Crippen LogP contribution in [0.25, 0.3) is 5.69 Å². The van der Waals surface area contributed by atoms with Crippen molar-refractivity contribution in [3.8, 4) is 5.69 Å². The van der Waals surface area contributed by atoms with Crippen molar-refractivity contribution < 1.29 is 0 Å². The lowest BCUT2D eigenvalue weighted by atomic mass is 10.0. The fourth-order valence-corrected chi connectivity index (χ4v) is 2.68. The van der Waals surface area contributed by atoms with E-state index >= 15 is 0 Å². The van der Waals surface area contributed by atoms with Gasteiger partial charge in [-0.1, -0.05) is 32.0 Å². The Kier molecular flexibility index (Phi) is 3.62. The highest BCUT2D eigenvalue weighted by molar-refractivity contribution is 5.42. The molecule has 0 radical (unpaired) electrons. The zero-order valence-electron chi connectivity index (χ0n) is 12.6. The summed E-state index contributed by atoms with van der Waals surface area (Å²) in [6, 6.07) is 9.18. The van der Waals surface area contributed by atoms with Crippen LogP contribution in [0.2, 0.25) is 0 Å². The van der Waals surface area contributed by atoms with Crippen LogP contribution >= 0.6 is 0 Å². The minimum Gasteiger partial charge on any atom is -0.310 e. The predicted molar refractivity (Wildman–Crippen MR) is 82.3 cm³/mol. The van der Waals surface area contributed by atoms with Gasteiger partial charge in [0.1, 0.15) is 0 Å². The van der Waals surface area contributed by atoms with Gasteiger partial charge in [-0.25, -0.2) is 4.68 Å². The summed E-state index contributed by atoms with van der Waals surface area (Å²) in [4.78, 5) is 0. The molecule has 1 saturated carbocycles. The van der Waals surface area contributed by atoms with Gasteiger partial charge in [-0.05, 0) is 37.3 Å². The van der Waals surface area contributed by atoms with E-state index in [2.05, 4.69) is 60.1 Å². The van der Waals surface area contributed by atoms with Crippen LogP contribution in [-0.2, 0) is 6.54 Å². The van der Waals surface area contributed by atoms with Gasteiger partial charge in [0.05, 0.1) is 17.6 Å². The van der Waals surface area contributed by atoms with Crippen molar-refractivity contribution in [2.75, 3.05) is 0 Å². The molecule has 1 aromatic heterocycles. The first-order valence-electron chi connectivity index (χ1n) is 7.53. The summed E-state index contributed by atoms with van der Waals surface area (Å²) in [7, 11) is 0. The summed E-state index contributed by atoms with van der Waals surface area (Å²) in [5.41, 5.74) is 5.11. The molecule has 3 nitrogen and oxygen atoms in total. The number of nitrogens with one attached hydrogen (secondary N) is 1. The Morgan fingerprint density at radius 3 is 2.70 bits per heavy atom. The van der Waals surface area contributed by atoms with E-state index in [-0.39, 0.29) is 0 Å². The summed E-state index contributed by atoms with van der Waals surface area (Å²) in [5.74, 6) is 0.466. The molecule has 1 fully saturated rings. The highest BCUT2D eigenvalue weighted by Gasteiger charge is 2.22. The molecule has 1 aliphatic carbocycles. The van der Waals surface area contributed by atoms with Crippen LogP contribution in [0.4, 0.5) is 0 Å². The minimum absolute atomic E-state index is 0.466. The number of aromatic nitrogens is 2. The van der Waals surface area contributed by atoms with Crippen LogP contribution in [-0.4, -0.2) is 15.8 Å². The van der Waals surface area contributed by atoms with Gasteiger partial charge in [0.2, 0.25) is 0 Å². The van der Waals surface area contributed by atoms with Crippen LogP contribution in [0, 0.1) is 6.92 Å². The Bertz CT molecular complexity index is 594. The van der Waals surface area contributed by atoms with Crippen molar-refractivity contribution >= 4 is 0 Å². The second-order valence-corrected chi connectivity index (χ2v) is 6.06. The van der Waals surface area contributed by atoms with Crippen LogP contribution in [0.1, 0.15) is 49.4 Å². The second-order valence-electron chi connectivity index (χ2n) is 6.06. The number of rotatable bonds is 5. The maximum absolute atomic E-state index is 4.64. The molecule has 0 atom stereocenters. The first-order chi connectivity index (χ1) is 9.66. The topological polar surface area (TPSA) is 29.9 Å². The fraction of sp³-hybridized carbons (Fsp3) is 0.471. The van der Waals surface area contributed by atoms with Crippen LogP contribution in [0.3, 0.4) is 0 Å². The average molecular weight is 269 g/mol. The monoisotopic (exact) mass is 269 g/mol. The Hall–Kier alpha value is -1.61. The molecule has 0 aliphatic heterocycles. The molecule has 3 rings (SSSR count). The Labute approximate surface area is 121 Å². The van der Waals surface area contributed by atoms with Gasteiger partial charge in [0.25, 0.3) is 0 Å². The molecule has 106 valence electrons. The average Bonchev–Trinajstić information content (AvgIpc) is 3.15. The molecule has 2 aromatic rings. The summed E-state index contributed by atoms with van der Waals surface area (Å²) in [5, 5.41) is 8.24. The third-order valence-electron chi connectivity index (χ3n) is 3.94. The van der Waals surface area contributed by atoms with E-state index in [1.165, 1.54) is 35.3 Å². The predicted octanol–water partition coefficient (Wildman–Crippen LogP) is 3.56. The largest absolute Gasteiger partial charge is 0.310 e. The quantitative estimate of drug-likeness (QED) is 0.899. The lowest BCUT2D eigenvalue weighted by Crippen LogP contribution is -2.17. The molecular formula is C17H23N3. The zero-order chi connectivity index (χ0) is 14.1. The lowest BCUT2D eigenvalue weighted by molar-refractivity contribution is 0.665. The molecule has 0 bridgehead atoms. The Morgan fingerprint density at radius 1 is 1.30 bits per heavy atom. The van der Waals surface area contributed by atoms with Crippen molar-refractivity contribution in [2.24, 2.45) is 0 Å². The van der Waals surface area contributed by atoms with Crippen LogP contribution in [0.15, 0.2) is 30.5 Å². The molecule has 1 aromatic carbocycles. The van der Waals surface area contributed by atoms with Gasteiger partial charge in [0.15, 0.2) is 0 Å². The van der Waals surface area contributed by atoms with Gasteiger partial charge in [0, 0.05) is 18.2 Å². The van der Waals surface area contributed by atoms with Gasteiger partial charge in [-0.3, -0.25) is 0 Å². The molecule has 0 unspecified atom stereocenters. The number of hydrogen-bond donors (Lipinski definition) is 1. The van der Waals surface area contributed by atoms with Crippen molar-refractivity contribution in [1.82, 2.24) is 15.1 Å². The molecule has 3 heteroatoms. The highest BCUT2D eigenvalue weighted by atomic mass is 15.3. The van der Waals surface area contributed by atoms with Gasteiger partial charge in [-0.15, -0.1) is 0 Å². The third kappa shape index (κ3) is 2.63. The summed E-state index contributed by atoms with van der Waals surface area (Å²) < 4.78 is 2.11. The van der Waals surface area contributed by atoms with E-state index in [0.717, 1.165) is 12.6 Å². The van der Waals surface area contributed by atoms with Gasteiger partial charge < -0.3 is 5.32 Å². The molecule has 1 heterocycles. The van der Waals surface area contributed by atoms with E-state index < -0.39 is 0 Å². The molecule has 0 spiro atoms. The van der Waals surface area contributed by atoms with E-state index in [9.17, 15) is 0 Å². The van der Waals surface area contributed by atoms with Crippen molar-refractivity contribution in [2.45, 2.75) is 52.1 Å². The first-order valence-corrected chi connectivity index (χ1v) is 7.53. The zero-order valence-corrected chi connectivity index (χ0v) is 12.6. The highest BCUT2D eigenvalue weighted by Crippen LogP contribution is 2.26. The summed E-state index contributed by atoms with van der Waals surface area (Å²) >= 11 is 0. The van der Waals surface area contributed by atoms with Gasteiger partial charge >= 0.3 is 0 Å². The molecular weight excluding hydrogens is 246 g/mol. The molecule has 0 saturated heterocycles. The van der Waals surface area contributed by atoms with Crippen LogP contribution < -0.4 is 5.32 Å². The van der Waals surface area contributed by atoms with E-state index in [0.29, 0.717) is 5.92 Å². The molecule has 20 heavy (non-hydrogen) atoms. The van der Waals surface area contributed by atoms with E-state index in [1.807, 2.05) is 6.20 Å². The summed E-state index contributed by atoms with van der Waals surface area (Å²) in [6.07, 6.45) is 4.67. The first kappa shape index (κ1) is 13.4. The van der Waals surface area contributed by atoms with Crippen molar-refractivity contribution in [3.05, 3.63) is 47.3 Å². The lowest BCUT2D eigenvalue weighted by Gasteiger charge is -2.14. The maximum Gasteiger partial charge on any atom is 0.0678 e. The number of para-hydroxylation sites is 1. The van der Waals surface area contributed by atoms with Crippen molar-refractivity contribution in [3.63, 3.8) is 0 Å². The standard InChI is InChI=1S/C17H23N3/c1-12(2)17-14(10-18-15-8-9-15)11-19-20(17)16-7-5-4-6-13(16)3/h4-7,11-12,15,18H,8-10H2,1-3H3. The number of aryl methyl sites for hydroxylation is 1. The number of nitrogens with zero attached hydrogens (tertiary/aromatic N) is 2. The number of hydrogen-bond acceptors (Lipinski definition) is 2. The fourth-order valence-electron chi connectivity index (χ4n) is 2.68. The van der Waals surface area contributed by atoms with E-state index in [4.69, 9.17) is 0 Å². The minimum atomic E-state index is 0.466. The van der Waals surface area contributed by atoms with E-state index in [1.54, 1.807) is 0 Å². The molecule has 0 amide bonds. The van der Waals surface area contributed by atoms with Gasteiger partial charge in [-0.2, -0.15) is 5.10 Å². The molecule has 1 N–H and O–H groups in total. The third-order valence-corrected chi connectivity index (χ3v) is 3.94. The second kappa shape index (κ2) is 5.41. The molecule has 1 aliphatic rings. The Morgan fingerprint density at radius 2 is 2.05 bits per heavy atom. The maximum atomic E-state index is 4.64.